The molecule has 0 bridgehead atoms. The Labute approximate surface area is 119 Å². The summed E-state index contributed by atoms with van der Waals surface area (Å²) in [5.41, 5.74) is 1.20. The molecule has 0 spiro atoms. The van der Waals surface area contributed by atoms with Crippen LogP contribution >= 0.6 is 23.1 Å². The molecule has 4 heteroatoms. The molecule has 1 aromatic rings. The molecule has 1 saturated carbocycles. The highest BCUT2D eigenvalue weighted by atomic mass is 32.2. The molecule has 18 heavy (non-hydrogen) atoms. The van der Waals surface area contributed by atoms with Crippen LogP contribution in [0, 0.1) is 13.8 Å². The SMILES string of the molecule is CNC(CSC1CCCC1)Cc1nc(C)c(C)s1. The third kappa shape index (κ3) is 3.97. The summed E-state index contributed by atoms with van der Waals surface area (Å²) in [4.78, 5) is 6.01. The van der Waals surface area contributed by atoms with E-state index in [4.69, 9.17) is 0 Å². The van der Waals surface area contributed by atoms with Crippen molar-refractivity contribution < 1.29 is 0 Å². The van der Waals surface area contributed by atoms with Crippen LogP contribution in [-0.2, 0) is 6.42 Å². The maximum Gasteiger partial charge on any atom is 0.0946 e. The number of rotatable bonds is 6. The second kappa shape index (κ2) is 6.92. The predicted octanol–water partition coefficient (Wildman–Crippen LogP) is 3.57. The zero-order chi connectivity index (χ0) is 13.0. The zero-order valence-electron chi connectivity index (χ0n) is 11.7. The Morgan fingerprint density at radius 3 is 2.67 bits per heavy atom. The second-order valence-electron chi connectivity index (χ2n) is 5.18. The first-order valence-corrected chi connectivity index (χ1v) is 8.77. The van der Waals surface area contributed by atoms with Gasteiger partial charge < -0.3 is 5.32 Å². The van der Waals surface area contributed by atoms with E-state index in [9.17, 15) is 0 Å². The largest absolute Gasteiger partial charge is 0.316 e. The van der Waals surface area contributed by atoms with Crippen molar-refractivity contribution in [1.29, 1.82) is 0 Å². The maximum atomic E-state index is 4.65. The van der Waals surface area contributed by atoms with E-state index < -0.39 is 0 Å². The third-order valence-electron chi connectivity index (χ3n) is 3.74. The molecule has 0 aliphatic heterocycles. The minimum absolute atomic E-state index is 0.570. The highest BCUT2D eigenvalue weighted by molar-refractivity contribution is 7.99. The van der Waals surface area contributed by atoms with E-state index in [-0.39, 0.29) is 0 Å². The van der Waals surface area contributed by atoms with E-state index in [1.54, 1.807) is 0 Å². The van der Waals surface area contributed by atoms with Crippen molar-refractivity contribution in [3.63, 3.8) is 0 Å². The van der Waals surface area contributed by atoms with Gasteiger partial charge in [0.15, 0.2) is 0 Å². The summed E-state index contributed by atoms with van der Waals surface area (Å²) in [7, 11) is 2.08. The topological polar surface area (TPSA) is 24.9 Å². The van der Waals surface area contributed by atoms with Crippen molar-refractivity contribution in [2.24, 2.45) is 0 Å². The van der Waals surface area contributed by atoms with Crippen LogP contribution in [-0.4, -0.2) is 29.1 Å². The molecule has 1 unspecified atom stereocenters. The van der Waals surface area contributed by atoms with Gasteiger partial charge in [0.2, 0.25) is 0 Å². The van der Waals surface area contributed by atoms with E-state index in [0.717, 1.165) is 11.7 Å². The molecular weight excluding hydrogens is 260 g/mol. The van der Waals surface area contributed by atoms with Crippen LogP contribution in [0.25, 0.3) is 0 Å². The van der Waals surface area contributed by atoms with Crippen molar-refractivity contribution in [3.8, 4) is 0 Å². The third-order valence-corrected chi connectivity index (χ3v) is 6.37. The number of thioether (sulfide) groups is 1. The highest BCUT2D eigenvalue weighted by Crippen LogP contribution is 2.30. The van der Waals surface area contributed by atoms with Gasteiger partial charge in [-0.25, -0.2) is 4.98 Å². The molecule has 0 saturated heterocycles. The maximum absolute atomic E-state index is 4.65. The minimum atomic E-state index is 0.570. The van der Waals surface area contributed by atoms with E-state index in [1.807, 2.05) is 11.3 Å². The zero-order valence-corrected chi connectivity index (χ0v) is 13.3. The molecule has 1 aliphatic rings. The molecule has 1 fully saturated rings. The number of hydrogen-bond acceptors (Lipinski definition) is 4. The standard InChI is InChI=1S/C14H24N2S2/c1-10-11(2)18-14(16-10)8-12(15-3)9-17-13-6-4-5-7-13/h12-13,15H,4-9H2,1-3H3. The summed E-state index contributed by atoms with van der Waals surface area (Å²) >= 11 is 4.02. The molecule has 0 aromatic carbocycles. The molecule has 1 aliphatic carbocycles. The fraction of sp³-hybridized carbons (Fsp3) is 0.786. The molecular formula is C14H24N2S2. The van der Waals surface area contributed by atoms with Crippen LogP contribution in [0.15, 0.2) is 0 Å². The quantitative estimate of drug-likeness (QED) is 0.864. The van der Waals surface area contributed by atoms with Crippen molar-refractivity contribution in [1.82, 2.24) is 10.3 Å². The lowest BCUT2D eigenvalue weighted by Gasteiger charge is -2.17. The number of nitrogens with one attached hydrogen (secondary N) is 1. The number of aryl methyl sites for hydroxylation is 2. The molecule has 1 atom stereocenters. The molecule has 2 rings (SSSR count). The van der Waals surface area contributed by atoms with Crippen molar-refractivity contribution in [2.45, 2.75) is 57.2 Å². The van der Waals surface area contributed by atoms with E-state index in [2.05, 4.69) is 43.0 Å². The van der Waals surface area contributed by atoms with Crippen LogP contribution in [0.1, 0.15) is 41.3 Å². The summed E-state index contributed by atoms with van der Waals surface area (Å²) in [6, 6.07) is 0.570. The Balaban J connectivity index is 1.80. The smallest absolute Gasteiger partial charge is 0.0946 e. The van der Waals surface area contributed by atoms with Gasteiger partial charge in [0, 0.05) is 28.3 Å². The molecule has 0 amide bonds. The van der Waals surface area contributed by atoms with Crippen LogP contribution in [0.2, 0.25) is 0 Å². The van der Waals surface area contributed by atoms with Crippen LogP contribution in [0.5, 0.6) is 0 Å². The number of nitrogens with zero attached hydrogens (tertiary/aromatic N) is 1. The highest BCUT2D eigenvalue weighted by Gasteiger charge is 2.18. The van der Waals surface area contributed by atoms with Gasteiger partial charge >= 0.3 is 0 Å². The normalized spacial score (nSPS) is 18.4. The lowest BCUT2D eigenvalue weighted by molar-refractivity contribution is 0.613. The molecule has 0 radical (unpaired) electrons. The van der Waals surface area contributed by atoms with Crippen LogP contribution in [0.3, 0.4) is 0 Å². The van der Waals surface area contributed by atoms with E-state index >= 15 is 0 Å². The molecule has 1 aromatic heterocycles. The Bertz CT molecular complexity index is 350. The van der Waals surface area contributed by atoms with Gasteiger partial charge in [0.05, 0.1) is 10.7 Å². The predicted molar refractivity (Wildman–Crippen MR) is 82.9 cm³/mol. The minimum Gasteiger partial charge on any atom is -0.316 e. The van der Waals surface area contributed by atoms with E-state index in [0.29, 0.717) is 6.04 Å². The number of likely N-dealkylation sites (N-methyl/N-ethyl adjacent to an activating group) is 1. The summed E-state index contributed by atoms with van der Waals surface area (Å²) in [5.74, 6) is 1.22. The average molecular weight is 284 g/mol. The second-order valence-corrected chi connectivity index (χ2v) is 7.80. The lowest BCUT2D eigenvalue weighted by atomic mass is 10.2. The van der Waals surface area contributed by atoms with Crippen LogP contribution < -0.4 is 5.32 Å². The number of aromatic nitrogens is 1. The summed E-state index contributed by atoms with van der Waals surface area (Å²) in [6.07, 6.45) is 6.81. The Hall–Kier alpha value is -0.0600. The van der Waals surface area contributed by atoms with Gasteiger partial charge in [-0.15, -0.1) is 11.3 Å². The summed E-state index contributed by atoms with van der Waals surface area (Å²) < 4.78 is 0. The molecule has 1 N–H and O–H groups in total. The summed E-state index contributed by atoms with van der Waals surface area (Å²) in [5, 5.41) is 5.65. The average Bonchev–Trinajstić information content (AvgIpc) is 2.96. The fourth-order valence-electron chi connectivity index (χ4n) is 2.39. The Morgan fingerprint density at radius 1 is 1.39 bits per heavy atom. The van der Waals surface area contributed by atoms with Gasteiger partial charge in [-0.05, 0) is 33.7 Å². The number of thiazole rings is 1. The van der Waals surface area contributed by atoms with E-state index in [1.165, 1.54) is 47.0 Å². The summed E-state index contributed by atoms with van der Waals surface area (Å²) in [6.45, 7) is 4.27. The van der Waals surface area contributed by atoms with Gasteiger partial charge in [-0.3, -0.25) is 0 Å². The van der Waals surface area contributed by atoms with Crippen molar-refractivity contribution in [2.75, 3.05) is 12.8 Å². The first-order chi connectivity index (χ1) is 8.69. The van der Waals surface area contributed by atoms with Gasteiger partial charge in [0.25, 0.3) is 0 Å². The molecule has 2 nitrogen and oxygen atoms in total. The Morgan fingerprint density at radius 2 is 2.11 bits per heavy atom. The first kappa shape index (κ1) is 14.4. The van der Waals surface area contributed by atoms with Gasteiger partial charge in [-0.1, -0.05) is 12.8 Å². The van der Waals surface area contributed by atoms with Crippen molar-refractivity contribution >= 4 is 23.1 Å². The number of hydrogen-bond donors (Lipinski definition) is 1. The first-order valence-electron chi connectivity index (χ1n) is 6.91. The molecule has 102 valence electrons. The van der Waals surface area contributed by atoms with Crippen molar-refractivity contribution in [3.05, 3.63) is 15.6 Å². The monoisotopic (exact) mass is 284 g/mol. The van der Waals surface area contributed by atoms with Crippen LogP contribution in [0.4, 0.5) is 0 Å². The van der Waals surface area contributed by atoms with Gasteiger partial charge in [0.1, 0.15) is 0 Å². The van der Waals surface area contributed by atoms with Gasteiger partial charge in [-0.2, -0.15) is 11.8 Å². The molecule has 1 heterocycles. The Kier molecular flexibility index (Phi) is 5.52. The lowest BCUT2D eigenvalue weighted by Crippen LogP contribution is -2.30. The fourth-order valence-corrected chi connectivity index (χ4v) is 4.86.